The summed E-state index contributed by atoms with van der Waals surface area (Å²) in [5.41, 5.74) is 4.52. The minimum Gasteiger partial charge on any atom is -0.294 e. The van der Waals surface area contributed by atoms with Gasteiger partial charge in [0.1, 0.15) is 5.82 Å². The molecule has 2 aromatic rings. The second-order valence-corrected chi connectivity index (χ2v) is 8.18. The molecule has 1 fully saturated rings. The van der Waals surface area contributed by atoms with Crippen LogP contribution in [-0.2, 0) is 4.79 Å². The van der Waals surface area contributed by atoms with Crippen LogP contribution in [0.4, 0.5) is 4.39 Å². The molecule has 1 atom stereocenters. The van der Waals surface area contributed by atoms with Gasteiger partial charge >= 0.3 is 0 Å². The Labute approximate surface area is 172 Å². The van der Waals surface area contributed by atoms with Gasteiger partial charge in [0.2, 0.25) is 0 Å². The Balaban J connectivity index is 1.65. The van der Waals surface area contributed by atoms with E-state index >= 15 is 0 Å². The van der Waals surface area contributed by atoms with Crippen LogP contribution in [-0.4, -0.2) is 41.2 Å². The van der Waals surface area contributed by atoms with Crippen molar-refractivity contribution in [2.75, 3.05) is 19.6 Å². The summed E-state index contributed by atoms with van der Waals surface area (Å²) < 4.78 is 14.4. The first-order valence-corrected chi connectivity index (χ1v) is 10.5. The summed E-state index contributed by atoms with van der Waals surface area (Å²) in [5, 5.41) is 6.24. The van der Waals surface area contributed by atoms with Crippen molar-refractivity contribution in [3.63, 3.8) is 0 Å². The Bertz CT molecular complexity index is 933. The molecule has 0 N–H and O–H groups in total. The summed E-state index contributed by atoms with van der Waals surface area (Å²) in [7, 11) is 0. The average molecular weight is 394 g/mol. The number of amides is 1. The minimum atomic E-state index is -0.295. The molecule has 29 heavy (non-hydrogen) atoms. The lowest BCUT2D eigenvalue weighted by Crippen LogP contribution is -2.40. The molecule has 5 heteroatoms. The van der Waals surface area contributed by atoms with E-state index in [2.05, 4.69) is 42.0 Å². The average Bonchev–Trinajstić information content (AvgIpc) is 3.14. The third-order valence-corrected chi connectivity index (χ3v) is 5.94. The molecular weight excluding hydrogens is 365 g/mol. The first-order valence-electron chi connectivity index (χ1n) is 10.5. The number of nitrogens with zero attached hydrogens (tertiary/aromatic N) is 3. The smallest absolute Gasteiger partial charge is 0.257 e. The number of hydrogen-bond acceptors (Lipinski definition) is 3. The Hall–Kier alpha value is -2.53. The number of aryl methyl sites for hydroxylation is 2. The maximum absolute atomic E-state index is 14.4. The molecule has 4 rings (SSSR count). The van der Waals surface area contributed by atoms with Crippen molar-refractivity contribution < 1.29 is 9.18 Å². The molecule has 0 aliphatic carbocycles. The molecule has 0 radical (unpaired) electrons. The Morgan fingerprint density at radius 2 is 1.86 bits per heavy atom. The number of rotatable bonds is 4. The number of likely N-dealkylation sites (tertiary alicyclic amines) is 1. The van der Waals surface area contributed by atoms with Crippen LogP contribution in [0.25, 0.3) is 0 Å². The Morgan fingerprint density at radius 1 is 1.10 bits per heavy atom. The minimum absolute atomic E-state index is 0.0109. The van der Waals surface area contributed by atoms with Gasteiger partial charge in [0, 0.05) is 12.0 Å². The monoisotopic (exact) mass is 393 g/mol. The van der Waals surface area contributed by atoms with E-state index in [9.17, 15) is 9.18 Å². The van der Waals surface area contributed by atoms with E-state index in [1.807, 2.05) is 6.07 Å². The number of carbonyl (C=O) groups excluding carboxylic acids is 1. The number of halogens is 1. The number of hydrogen-bond donors (Lipinski definition) is 0. The van der Waals surface area contributed by atoms with Crippen LogP contribution in [0.2, 0.25) is 0 Å². The summed E-state index contributed by atoms with van der Waals surface area (Å²) in [4.78, 5) is 15.4. The molecule has 0 bridgehead atoms. The van der Waals surface area contributed by atoms with E-state index in [1.54, 1.807) is 17.1 Å². The maximum atomic E-state index is 14.4. The van der Waals surface area contributed by atoms with Crippen molar-refractivity contribution in [3.05, 3.63) is 70.5 Å². The molecule has 1 amide bonds. The third kappa shape index (κ3) is 4.25. The molecule has 152 valence electrons. The Kier molecular flexibility index (Phi) is 5.76. The lowest BCUT2D eigenvalue weighted by molar-refractivity contribution is -0.134. The van der Waals surface area contributed by atoms with Crippen molar-refractivity contribution in [1.29, 1.82) is 0 Å². The summed E-state index contributed by atoms with van der Waals surface area (Å²) >= 11 is 0. The van der Waals surface area contributed by atoms with Crippen molar-refractivity contribution in [3.8, 4) is 0 Å². The molecule has 2 heterocycles. The van der Waals surface area contributed by atoms with Gasteiger partial charge in [0.15, 0.2) is 0 Å². The molecule has 4 nitrogen and oxygen atoms in total. The summed E-state index contributed by atoms with van der Waals surface area (Å²) in [6.07, 6.45) is 4.03. The highest BCUT2D eigenvalue weighted by Gasteiger charge is 2.35. The van der Waals surface area contributed by atoms with Crippen LogP contribution in [0.1, 0.15) is 54.0 Å². The second-order valence-electron chi connectivity index (χ2n) is 8.18. The fourth-order valence-electron chi connectivity index (χ4n) is 4.42. The van der Waals surface area contributed by atoms with Crippen LogP contribution in [0.3, 0.4) is 0 Å². The van der Waals surface area contributed by atoms with E-state index in [-0.39, 0.29) is 17.8 Å². The lowest BCUT2D eigenvalue weighted by atomic mass is 9.94. The predicted octanol–water partition coefficient (Wildman–Crippen LogP) is 4.61. The summed E-state index contributed by atoms with van der Waals surface area (Å²) in [6, 6.07) is 12.8. The van der Waals surface area contributed by atoms with Gasteiger partial charge in [-0.25, -0.2) is 9.40 Å². The largest absolute Gasteiger partial charge is 0.294 e. The lowest BCUT2D eigenvalue weighted by Gasteiger charge is -2.29. The fourth-order valence-corrected chi connectivity index (χ4v) is 4.42. The van der Waals surface area contributed by atoms with Gasteiger partial charge in [-0.05, 0) is 57.0 Å². The topological polar surface area (TPSA) is 35.9 Å². The SMILES string of the molecule is Cc1ccc(C2CC(c3ccccc3F)=NN2C(=O)CN2CCCCC2)c(C)c1. The third-order valence-electron chi connectivity index (χ3n) is 5.94. The van der Waals surface area contributed by atoms with E-state index in [1.165, 1.54) is 18.1 Å². The zero-order valence-electron chi connectivity index (χ0n) is 17.2. The molecular formula is C24H28FN3O. The van der Waals surface area contributed by atoms with Crippen LogP contribution in [0, 0.1) is 19.7 Å². The number of benzene rings is 2. The fraction of sp³-hybridized carbons (Fsp3) is 0.417. The quantitative estimate of drug-likeness (QED) is 0.761. The summed E-state index contributed by atoms with van der Waals surface area (Å²) in [6.45, 7) is 6.41. The molecule has 2 aliphatic heterocycles. The van der Waals surface area contributed by atoms with E-state index in [4.69, 9.17) is 0 Å². The van der Waals surface area contributed by atoms with Crippen LogP contribution < -0.4 is 0 Å². The van der Waals surface area contributed by atoms with Gasteiger partial charge in [-0.3, -0.25) is 9.69 Å². The predicted molar refractivity (Wildman–Crippen MR) is 113 cm³/mol. The van der Waals surface area contributed by atoms with Crippen LogP contribution >= 0.6 is 0 Å². The molecule has 2 aromatic carbocycles. The van der Waals surface area contributed by atoms with Gasteiger partial charge in [-0.2, -0.15) is 5.10 Å². The zero-order chi connectivity index (χ0) is 20.4. The van der Waals surface area contributed by atoms with Crippen molar-refractivity contribution in [2.24, 2.45) is 5.10 Å². The molecule has 0 aromatic heterocycles. The highest BCUT2D eigenvalue weighted by atomic mass is 19.1. The molecule has 0 spiro atoms. The zero-order valence-corrected chi connectivity index (χ0v) is 17.2. The van der Waals surface area contributed by atoms with Gasteiger partial charge in [0.05, 0.1) is 18.3 Å². The number of piperidine rings is 1. The summed E-state index contributed by atoms with van der Waals surface area (Å²) in [5.74, 6) is -0.306. The van der Waals surface area contributed by atoms with Gasteiger partial charge in [-0.1, -0.05) is 48.4 Å². The van der Waals surface area contributed by atoms with Crippen molar-refractivity contribution >= 4 is 11.6 Å². The van der Waals surface area contributed by atoms with Crippen LogP contribution in [0.5, 0.6) is 0 Å². The van der Waals surface area contributed by atoms with Crippen molar-refractivity contribution in [1.82, 2.24) is 9.91 Å². The van der Waals surface area contributed by atoms with Crippen molar-refractivity contribution in [2.45, 2.75) is 45.6 Å². The van der Waals surface area contributed by atoms with Gasteiger partial charge in [0.25, 0.3) is 5.91 Å². The van der Waals surface area contributed by atoms with E-state index in [0.717, 1.165) is 37.1 Å². The molecule has 1 unspecified atom stereocenters. The first-order chi connectivity index (χ1) is 14.0. The maximum Gasteiger partial charge on any atom is 0.257 e. The van der Waals surface area contributed by atoms with Gasteiger partial charge < -0.3 is 0 Å². The molecule has 2 aliphatic rings. The second kappa shape index (κ2) is 8.46. The first kappa shape index (κ1) is 19.8. The molecule has 1 saturated heterocycles. The molecule has 0 saturated carbocycles. The normalized spacial score (nSPS) is 20.0. The van der Waals surface area contributed by atoms with Gasteiger partial charge in [-0.15, -0.1) is 0 Å². The van der Waals surface area contributed by atoms with Crippen LogP contribution in [0.15, 0.2) is 47.6 Å². The standard InChI is InChI=1S/C24H28FN3O/c1-17-10-11-19(18(2)14-17)23-15-22(20-8-4-5-9-21(20)25)26-28(23)24(29)16-27-12-6-3-7-13-27/h4-5,8-11,14,23H,3,6-7,12-13,15-16H2,1-2H3. The van der Waals surface area contributed by atoms with E-state index < -0.39 is 0 Å². The number of carbonyl (C=O) groups is 1. The Morgan fingerprint density at radius 3 is 2.59 bits per heavy atom. The van der Waals surface area contributed by atoms with E-state index in [0.29, 0.717) is 24.2 Å². The highest BCUT2D eigenvalue weighted by molar-refractivity contribution is 6.03. The number of hydrazone groups is 1. The highest BCUT2D eigenvalue weighted by Crippen LogP contribution is 2.35.